The summed E-state index contributed by atoms with van der Waals surface area (Å²) in [4.78, 5) is 21.7. The van der Waals surface area contributed by atoms with E-state index < -0.39 is 5.97 Å². The summed E-state index contributed by atoms with van der Waals surface area (Å²) in [7, 11) is 0. The van der Waals surface area contributed by atoms with Crippen molar-refractivity contribution in [3.05, 3.63) is 18.2 Å². The lowest BCUT2D eigenvalue weighted by atomic mass is 10.2. The van der Waals surface area contributed by atoms with Crippen molar-refractivity contribution in [3.63, 3.8) is 0 Å². The van der Waals surface area contributed by atoms with Crippen molar-refractivity contribution < 1.29 is 19.4 Å². The van der Waals surface area contributed by atoms with Crippen LogP contribution in [0, 0.1) is 0 Å². The molecule has 1 heterocycles. The van der Waals surface area contributed by atoms with E-state index in [0.29, 0.717) is 30.2 Å². The van der Waals surface area contributed by atoms with Crippen LogP contribution in [0.5, 0.6) is 5.75 Å². The van der Waals surface area contributed by atoms with Gasteiger partial charge in [-0.1, -0.05) is 0 Å². The van der Waals surface area contributed by atoms with Gasteiger partial charge in [0, 0.05) is 5.69 Å². The fourth-order valence-electron chi connectivity index (χ4n) is 1.51. The van der Waals surface area contributed by atoms with Crippen molar-refractivity contribution in [1.82, 2.24) is 0 Å². The van der Waals surface area contributed by atoms with Gasteiger partial charge in [0.25, 0.3) is 0 Å². The Bertz CT molecular complexity index is 459. The molecule has 2 rings (SSSR count). The Labute approximate surface area is 97.6 Å². The Morgan fingerprint density at radius 1 is 1.53 bits per heavy atom. The number of benzene rings is 1. The molecule has 1 aromatic rings. The van der Waals surface area contributed by atoms with Gasteiger partial charge in [0.15, 0.2) is 0 Å². The van der Waals surface area contributed by atoms with Gasteiger partial charge in [0.1, 0.15) is 12.3 Å². The average Bonchev–Trinajstić information content (AvgIpc) is 2.46. The number of carboxylic acid groups (broad SMARTS) is 1. The monoisotopic (exact) mass is 236 g/mol. The highest BCUT2D eigenvalue weighted by atomic mass is 16.5. The topological polar surface area (TPSA) is 87.7 Å². The number of amides is 1. The third-order valence-electron chi connectivity index (χ3n) is 2.28. The maximum atomic E-state index is 11.3. The molecule has 1 amide bonds. The van der Waals surface area contributed by atoms with E-state index in [1.807, 2.05) is 0 Å². The van der Waals surface area contributed by atoms with Crippen LogP contribution in [-0.4, -0.2) is 30.1 Å². The average molecular weight is 236 g/mol. The Balaban J connectivity index is 2.17. The quantitative estimate of drug-likeness (QED) is 0.725. The Hall–Kier alpha value is -2.24. The molecule has 0 atom stereocenters. The minimum atomic E-state index is -0.944. The fraction of sp³-hybridized carbons (Fsp3) is 0.273. The second kappa shape index (κ2) is 4.73. The summed E-state index contributed by atoms with van der Waals surface area (Å²) in [5.74, 6) is -0.462. The largest absolute Gasteiger partial charge is 0.491 e. The molecule has 0 saturated carbocycles. The molecular formula is C11H12N2O4. The summed E-state index contributed by atoms with van der Waals surface area (Å²) in [6.07, 6.45) is 0.312. The molecule has 0 spiro atoms. The van der Waals surface area contributed by atoms with Gasteiger partial charge in [-0.05, 0) is 18.2 Å². The summed E-state index contributed by atoms with van der Waals surface area (Å²) in [5.41, 5.74) is 1.18. The van der Waals surface area contributed by atoms with E-state index in [-0.39, 0.29) is 12.5 Å². The second-order valence-corrected chi connectivity index (χ2v) is 3.60. The summed E-state index contributed by atoms with van der Waals surface area (Å²) >= 11 is 0. The number of nitrogens with one attached hydrogen (secondary N) is 2. The predicted octanol–water partition coefficient (Wildman–Crippen LogP) is 0.904. The number of carboxylic acids is 1. The van der Waals surface area contributed by atoms with Crippen LogP contribution < -0.4 is 15.4 Å². The number of carbonyl (C=O) groups excluding carboxylic acids is 1. The summed E-state index contributed by atoms with van der Waals surface area (Å²) in [6, 6.07) is 5.06. The molecule has 90 valence electrons. The van der Waals surface area contributed by atoms with Gasteiger partial charge >= 0.3 is 5.97 Å². The van der Waals surface area contributed by atoms with Crippen molar-refractivity contribution in [2.45, 2.75) is 6.42 Å². The molecule has 1 aromatic carbocycles. The SMILES string of the molecule is O=C(O)CNc1ccc2c(c1)NC(=O)CCO2. The van der Waals surface area contributed by atoms with Gasteiger partial charge in [-0.3, -0.25) is 9.59 Å². The molecule has 0 aromatic heterocycles. The normalized spacial score (nSPS) is 14.0. The van der Waals surface area contributed by atoms with Gasteiger partial charge in [-0.2, -0.15) is 0 Å². The standard InChI is InChI=1S/C11H12N2O4/c14-10-3-4-17-9-2-1-7(5-8(9)13-10)12-6-11(15)16/h1-2,5,12H,3-4,6H2,(H,13,14)(H,15,16). The van der Waals surface area contributed by atoms with E-state index in [2.05, 4.69) is 10.6 Å². The van der Waals surface area contributed by atoms with Gasteiger partial charge in [-0.15, -0.1) is 0 Å². The van der Waals surface area contributed by atoms with E-state index in [4.69, 9.17) is 9.84 Å². The maximum absolute atomic E-state index is 11.3. The maximum Gasteiger partial charge on any atom is 0.322 e. The summed E-state index contributed by atoms with van der Waals surface area (Å²) in [6.45, 7) is 0.175. The zero-order chi connectivity index (χ0) is 12.3. The van der Waals surface area contributed by atoms with E-state index >= 15 is 0 Å². The van der Waals surface area contributed by atoms with E-state index in [1.165, 1.54) is 0 Å². The molecular weight excluding hydrogens is 224 g/mol. The van der Waals surface area contributed by atoms with Crippen molar-refractivity contribution in [1.29, 1.82) is 0 Å². The van der Waals surface area contributed by atoms with Crippen molar-refractivity contribution >= 4 is 23.3 Å². The van der Waals surface area contributed by atoms with Crippen LogP contribution in [0.3, 0.4) is 0 Å². The van der Waals surface area contributed by atoms with Crippen LogP contribution >= 0.6 is 0 Å². The highest BCUT2D eigenvalue weighted by molar-refractivity contribution is 5.93. The van der Waals surface area contributed by atoms with Gasteiger partial charge in [0.2, 0.25) is 5.91 Å². The Morgan fingerprint density at radius 2 is 2.35 bits per heavy atom. The lowest BCUT2D eigenvalue weighted by Crippen LogP contribution is -2.13. The molecule has 17 heavy (non-hydrogen) atoms. The zero-order valence-corrected chi connectivity index (χ0v) is 9.03. The van der Waals surface area contributed by atoms with Gasteiger partial charge in [0.05, 0.1) is 18.7 Å². The number of hydrogen-bond acceptors (Lipinski definition) is 4. The minimum Gasteiger partial charge on any atom is -0.491 e. The predicted molar refractivity (Wildman–Crippen MR) is 61.3 cm³/mol. The van der Waals surface area contributed by atoms with E-state index in [9.17, 15) is 9.59 Å². The van der Waals surface area contributed by atoms with Crippen LogP contribution in [0.25, 0.3) is 0 Å². The number of carbonyl (C=O) groups is 2. The molecule has 0 aliphatic carbocycles. The first-order valence-corrected chi connectivity index (χ1v) is 5.17. The van der Waals surface area contributed by atoms with Gasteiger partial charge < -0.3 is 20.5 Å². The van der Waals surface area contributed by atoms with Crippen molar-refractivity contribution in [2.75, 3.05) is 23.8 Å². The first-order valence-electron chi connectivity index (χ1n) is 5.17. The Morgan fingerprint density at radius 3 is 3.12 bits per heavy atom. The highest BCUT2D eigenvalue weighted by Gasteiger charge is 2.13. The smallest absolute Gasteiger partial charge is 0.322 e. The van der Waals surface area contributed by atoms with Crippen LogP contribution in [0.2, 0.25) is 0 Å². The first kappa shape index (κ1) is 11.3. The highest BCUT2D eigenvalue weighted by Crippen LogP contribution is 2.29. The van der Waals surface area contributed by atoms with Crippen molar-refractivity contribution in [2.24, 2.45) is 0 Å². The number of hydrogen-bond donors (Lipinski definition) is 3. The molecule has 0 unspecified atom stereocenters. The van der Waals surface area contributed by atoms with Crippen LogP contribution in [0.15, 0.2) is 18.2 Å². The fourth-order valence-corrected chi connectivity index (χ4v) is 1.51. The van der Waals surface area contributed by atoms with Gasteiger partial charge in [-0.25, -0.2) is 0 Å². The molecule has 1 aliphatic rings. The minimum absolute atomic E-state index is 0.112. The molecule has 0 radical (unpaired) electrons. The number of rotatable bonds is 3. The summed E-state index contributed by atoms with van der Waals surface area (Å²) < 4.78 is 5.37. The third kappa shape index (κ3) is 2.87. The lowest BCUT2D eigenvalue weighted by molar-refractivity contribution is -0.135. The zero-order valence-electron chi connectivity index (χ0n) is 9.03. The van der Waals surface area contributed by atoms with Crippen LogP contribution in [-0.2, 0) is 9.59 Å². The third-order valence-corrected chi connectivity index (χ3v) is 2.28. The van der Waals surface area contributed by atoms with Crippen LogP contribution in [0.4, 0.5) is 11.4 Å². The lowest BCUT2D eigenvalue weighted by Gasteiger charge is -2.09. The van der Waals surface area contributed by atoms with E-state index in [1.54, 1.807) is 18.2 Å². The van der Waals surface area contributed by atoms with Crippen molar-refractivity contribution in [3.8, 4) is 5.75 Å². The molecule has 0 fully saturated rings. The number of ether oxygens (including phenoxy) is 1. The van der Waals surface area contributed by atoms with E-state index in [0.717, 1.165) is 0 Å². The molecule has 3 N–H and O–H groups in total. The van der Waals surface area contributed by atoms with Crippen LogP contribution in [0.1, 0.15) is 6.42 Å². The summed E-state index contributed by atoms with van der Waals surface area (Å²) in [5, 5.41) is 14.0. The molecule has 6 nitrogen and oxygen atoms in total. The molecule has 6 heteroatoms. The Kier molecular flexibility index (Phi) is 3.13. The first-order chi connectivity index (χ1) is 8.15. The number of aliphatic carboxylic acids is 1. The molecule has 1 aliphatic heterocycles. The second-order valence-electron chi connectivity index (χ2n) is 3.60. The number of fused-ring (bicyclic) bond motifs is 1. The molecule has 0 bridgehead atoms. The number of anilines is 2. The molecule has 0 saturated heterocycles.